The van der Waals surface area contributed by atoms with Gasteiger partial charge in [-0.25, -0.2) is 0 Å². The molecule has 1 heterocycles. The van der Waals surface area contributed by atoms with Gasteiger partial charge in [0.25, 0.3) is 5.91 Å². The quantitative estimate of drug-likeness (QED) is 0.874. The molecule has 0 aromatic heterocycles. The molecule has 124 valence electrons. The van der Waals surface area contributed by atoms with E-state index >= 15 is 0 Å². The highest BCUT2D eigenvalue weighted by atomic mass is 35.5. The summed E-state index contributed by atoms with van der Waals surface area (Å²) >= 11 is 0. The Hall–Kier alpha value is -1.10. The average molecular weight is 327 g/mol. The van der Waals surface area contributed by atoms with Crippen molar-refractivity contribution < 1.29 is 9.53 Å². The highest BCUT2D eigenvalue weighted by Gasteiger charge is 2.29. The fraction of sp³-hybridized carbons (Fsp3) is 0.588. The van der Waals surface area contributed by atoms with Crippen LogP contribution in [0.15, 0.2) is 30.3 Å². The molecule has 0 saturated carbocycles. The summed E-state index contributed by atoms with van der Waals surface area (Å²) in [7, 11) is 0. The molecule has 1 aliphatic rings. The SMILES string of the molecule is CCCCN(C(=O)C1CNCCO1)C(C)c1ccccc1.Cl. The number of carbonyl (C=O) groups excluding carboxylic acids is 1. The van der Waals surface area contributed by atoms with Crippen LogP contribution in [-0.2, 0) is 9.53 Å². The van der Waals surface area contributed by atoms with Crippen molar-refractivity contribution in [3.63, 3.8) is 0 Å². The summed E-state index contributed by atoms with van der Waals surface area (Å²) in [6, 6.07) is 10.3. The summed E-state index contributed by atoms with van der Waals surface area (Å²) in [6.45, 7) is 7.08. The molecule has 0 radical (unpaired) electrons. The lowest BCUT2D eigenvalue weighted by atomic mass is 10.1. The molecule has 5 heteroatoms. The number of ether oxygens (including phenoxy) is 1. The molecule has 0 bridgehead atoms. The maximum atomic E-state index is 12.8. The Morgan fingerprint density at radius 2 is 2.14 bits per heavy atom. The number of rotatable bonds is 6. The number of carbonyl (C=O) groups is 1. The third-order valence-corrected chi connectivity index (χ3v) is 3.99. The van der Waals surface area contributed by atoms with Crippen LogP contribution in [-0.4, -0.2) is 43.2 Å². The van der Waals surface area contributed by atoms with E-state index in [0.717, 1.165) is 25.9 Å². The predicted molar refractivity (Wildman–Crippen MR) is 91.3 cm³/mol. The number of nitrogens with zero attached hydrogens (tertiary/aromatic N) is 1. The number of hydrogen-bond acceptors (Lipinski definition) is 3. The van der Waals surface area contributed by atoms with Crippen LogP contribution in [0.25, 0.3) is 0 Å². The standard InChI is InChI=1S/C17H26N2O2.ClH/c1-3-4-11-19(14(2)15-8-6-5-7-9-15)17(20)16-13-18-10-12-21-16;/h5-9,14,16,18H,3-4,10-13H2,1-2H3;1H. The summed E-state index contributed by atoms with van der Waals surface area (Å²) in [6.07, 6.45) is 1.75. The summed E-state index contributed by atoms with van der Waals surface area (Å²) in [5.74, 6) is 0.104. The second kappa shape index (κ2) is 9.82. The van der Waals surface area contributed by atoms with E-state index in [0.29, 0.717) is 13.2 Å². The minimum Gasteiger partial charge on any atom is -0.366 e. The third-order valence-electron chi connectivity index (χ3n) is 3.99. The van der Waals surface area contributed by atoms with Crippen LogP contribution in [0.2, 0.25) is 0 Å². The first kappa shape index (κ1) is 18.9. The van der Waals surface area contributed by atoms with Gasteiger partial charge in [-0.2, -0.15) is 0 Å². The van der Waals surface area contributed by atoms with Crippen molar-refractivity contribution in [2.45, 2.75) is 38.8 Å². The van der Waals surface area contributed by atoms with Gasteiger partial charge in [0, 0.05) is 19.6 Å². The summed E-state index contributed by atoms with van der Waals surface area (Å²) in [4.78, 5) is 14.7. The van der Waals surface area contributed by atoms with Gasteiger partial charge in [0.1, 0.15) is 6.10 Å². The van der Waals surface area contributed by atoms with Gasteiger partial charge in [-0.15, -0.1) is 12.4 Å². The van der Waals surface area contributed by atoms with Crippen molar-refractivity contribution in [3.05, 3.63) is 35.9 Å². The Labute approximate surface area is 139 Å². The Morgan fingerprint density at radius 1 is 1.41 bits per heavy atom. The summed E-state index contributed by atoms with van der Waals surface area (Å²) in [5, 5.41) is 3.23. The largest absolute Gasteiger partial charge is 0.366 e. The number of hydrogen-bond donors (Lipinski definition) is 1. The van der Waals surface area contributed by atoms with Crippen LogP contribution >= 0.6 is 12.4 Å². The Bertz CT molecular complexity index is 436. The molecule has 22 heavy (non-hydrogen) atoms. The summed E-state index contributed by atoms with van der Waals surface area (Å²) in [5.41, 5.74) is 1.17. The smallest absolute Gasteiger partial charge is 0.253 e. The van der Waals surface area contributed by atoms with Crippen molar-refractivity contribution in [2.24, 2.45) is 0 Å². The number of unbranched alkanes of at least 4 members (excludes halogenated alkanes) is 1. The maximum absolute atomic E-state index is 12.8. The van der Waals surface area contributed by atoms with E-state index < -0.39 is 0 Å². The minimum atomic E-state index is -0.346. The van der Waals surface area contributed by atoms with Gasteiger partial charge in [-0.05, 0) is 18.9 Å². The molecule has 1 aliphatic heterocycles. The number of nitrogens with one attached hydrogen (secondary N) is 1. The van der Waals surface area contributed by atoms with Gasteiger partial charge in [-0.1, -0.05) is 43.7 Å². The lowest BCUT2D eigenvalue weighted by molar-refractivity contribution is -0.147. The molecule has 1 amide bonds. The fourth-order valence-electron chi connectivity index (χ4n) is 2.64. The van der Waals surface area contributed by atoms with E-state index in [2.05, 4.69) is 31.3 Å². The van der Waals surface area contributed by atoms with E-state index in [1.165, 1.54) is 5.56 Å². The lowest BCUT2D eigenvalue weighted by Crippen LogP contribution is -2.50. The first-order chi connectivity index (χ1) is 10.2. The van der Waals surface area contributed by atoms with Crippen LogP contribution < -0.4 is 5.32 Å². The Balaban J connectivity index is 0.00000242. The number of halogens is 1. The third kappa shape index (κ3) is 4.97. The number of amides is 1. The molecule has 0 spiro atoms. The lowest BCUT2D eigenvalue weighted by Gasteiger charge is -2.34. The average Bonchev–Trinajstić information content (AvgIpc) is 2.56. The van der Waals surface area contributed by atoms with Crippen molar-refractivity contribution >= 4 is 18.3 Å². The normalized spacial score (nSPS) is 19.1. The van der Waals surface area contributed by atoms with E-state index in [4.69, 9.17) is 4.74 Å². The fourth-order valence-corrected chi connectivity index (χ4v) is 2.64. The zero-order valence-corrected chi connectivity index (χ0v) is 14.3. The number of benzene rings is 1. The van der Waals surface area contributed by atoms with Gasteiger partial charge in [0.05, 0.1) is 12.6 Å². The molecule has 1 fully saturated rings. The van der Waals surface area contributed by atoms with Crippen molar-refractivity contribution in [1.82, 2.24) is 10.2 Å². The molecule has 0 aliphatic carbocycles. The molecule has 1 aromatic carbocycles. The molecular formula is C17H27ClN2O2. The van der Waals surface area contributed by atoms with Gasteiger partial charge in [0.2, 0.25) is 0 Å². The molecule has 1 N–H and O–H groups in total. The van der Waals surface area contributed by atoms with E-state index in [1.54, 1.807) is 0 Å². The summed E-state index contributed by atoms with van der Waals surface area (Å²) < 4.78 is 5.63. The van der Waals surface area contributed by atoms with E-state index in [-0.39, 0.29) is 30.5 Å². The molecular weight excluding hydrogens is 300 g/mol. The second-order valence-electron chi connectivity index (χ2n) is 5.54. The van der Waals surface area contributed by atoms with Crippen LogP contribution in [0.3, 0.4) is 0 Å². The van der Waals surface area contributed by atoms with E-state index in [1.807, 2.05) is 23.1 Å². The van der Waals surface area contributed by atoms with Gasteiger partial charge in [-0.3, -0.25) is 4.79 Å². The maximum Gasteiger partial charge on any atom is 0.253 e. The zero-order valence-electron chi connectivity index (χ0n) is 13.5. The molecule has 4 nitrogen and oxygen atoms in total. The van der Waals surface area contributed by atoms with Gasteiger partial charge < -0.3 is 15.0 Å². The molecule has 2 unspecified atom stereocenters. The Kier molecular flexibility index (Phi) is 8.46. The molecule has 1 aromatic rings. The van der Waals surface area contributed by atoms with Gasteiger partial charge in [0.15, 0.2) is 0 Å². The second-order valence-corrected chi connectivity index (χ2v) is 5.54. The molecule has 2 rings (SSSR count). The van der Waals surface area contributed by atoms with Crippen LogP contribution in [0.5, 0.6) is 0 Å². The van der Waals surface area contributed by atoms with Crippen LogP contribution in [0.4, 0.5) is 0 Å². The zero-order chi connectivity index (χ0) is 15.1. The van der Waals surface area contributed by atoms with Crippen LogP contribution in [0.1, 0.15) is 38.3 Å². The van der Waals surface area contributed by atoms with Crippen molar-refractivity contribution in [1.29, 1.82) is 0 Å². The first-order valence-corrected chi connectivity index (χ1v) is 7.91. The number of morpholine rings is 1. The predicted octanol–water partition coefficient (Wildman–Crippen LogP) is 2.79. The van der Waals surface area contributed by atoms with Crippen molar-refractivity contribution in [2.75, 3.05) is 26.2 Å². The minimum absolute atomic E-state index is 0. The van der Waals surface area contributed by atoms with Crippen molar-refractivity contribution in [3.8, 4) is 0 Å². The highest BCUT2D eigenvalue weighted by molar-refractivity contribution is 5.85. The Morgan fingerprint density at radius 3 is 2.73 bits per heavy atom. The van der Waals surface area contributed by atoms with E-state index in [9.17, 15) is 4.79 Å². The topological polar surface area (TPSA) is 41.6 Å². The van der Waals surface area contributed by atoms with Gasteiger partial charge >= 0.3 is 0 Å². The molecule has 2 atom stereocenters. The van der Waals surface area contributed by atoms with Crippen LogP contribution in [0, 0.1) is 0 Å². The first-order valence-electron chi connectivity index (χ1n) is 7.91. The monoisotopic (exact) mass is 326 g/mol. The molecule has 1 saturated heterocycles. The highest BCUT2D eigenvalue weighted by Crippen LogP contribution is 2.22.